The number of carbonyl (C=O) groups excluding carboxylic acids is 2. The molecule has 0 unspecified atom stereocenters. The van der Waals surface area contributed by atoms with E-state index in [0.717, 1.165) is 6.07 Å². The standard InChI is InChI=1S/C8H6O4.C3H10OS.Ca/c9-7(10)5-2-1-3-6(4-5)8(11)12;1-5(2,3)4;/h1-4H,(H,9,10)(H,11,12);4H,1-3H3;/q;;+2/p-2. The Morgan fingerprint density at radius 1 is 1.06 bits per heavy atom. The maximum Gasteiger partial charge on any atom is 2.00 e. The van der Waals surface area contributed by atoms with Crippen molar-refractivity contribution < 1.29 is 24.4 Å². The predicted molar refractivity (Wildman–Crippen MR) is 68.8 cm³/mol. The molecule has 0 aliphatic rings. The van der Waals surface area contributed by atoms with Crippen molar-refractivity contribution in [3.05, 3.63) is 35.4 Å². The van der Waals surface area contributed by atoms with Crippen molar-refractivity contribution in [3.8, 4) is 0 Å². The Kier molecular flexibility index (Phi) is 9.77. The Labute approximate surface area is 137 Å². The molecule has 0 bridgehead atoms. The first-order valence-corrected chi connectivity index (χ1v) is 7.36. The topological polar surface area (TPSA) is 100 Å². The third-order valence-electron chi connectivity index (χ3n) is 1.33. The first kappa shape index (κ1) is 20.1. The average Bonchev–Trinajstić information content (AvgIpc) is 2.15. The van der Waals surface area contributed by atoms with Crippen molar-refractivity contribution in [2.24, 2.45) is 0 Å². The van der Waals surface area contributed by atoms with Gasteiger partial charge in [-0.3, -0.25) is 0 Å². The van der Waals surface area contributed by atoms with Gasteiger partial charge in [-0.15, -0.1) is 10.3 Å². The van der Waals surface area contributed by atoms with Crippen LogP contribution in [0.2, 0.25) is 0 Å². The van der Waals surface area contributed by atoms with E-state index >= 15 is 0 Å². The van der Waals surface area contributed by atoms with E-state index in [9.17, 15) is 19.8 Å². The number of rotatable bonds is 2. The number of hydrogen-bond donors (Lipinski definition) is 1. The molecule has 0 fully saturated rings. The molecular formula is C11H14CaO5S. The third-order valence-corrected chi connectivity index (χ3v) is 1.33. The number of carbonyl (C=O) groups is 2. The van der Waals surface area contributed by atoms with Crippen molar-refractivity contribution in [2.45, 2.75) is 0 Å². The van der Waals surface area contributed by atoms with Gasteiger partial charge in [-0.2, -0.15) is 0 Å². The van der Waals surface area contributed by atoms with Crippen LogP contribution in [-0.4, -0.2) is 73.0 Å². The van der Waals surface area contributed by atoms with Gasteiger partial charge in [0.1, 0.15) is 0 Å². The molecule has 0 heterocycles. The van der Waals surface area contributed by atoms with Crippen LogP contribution in [0.3, 0.4) is 0 Å². The zero-order chi connectivity index (χ0) is 13.6. The quantitative estimate of drug-likeness (QED) is 0.719. The normalized spacial score (nSPS) is 10.4. The number of carboxylic acids is 2. The molecule has 0 saturated carbocycles. The van der Waals surface area contributed by atoms with Crippen LogP contribution in [0.25, 0.3) is 0 Å². The van der Waals surface area contributed by atoms with Gasteiger partial charge in [-0.1, -0.05) is 18.2 Å². The molecule has 1 N–H and O–H groups in total. The van der Waals surface area contributed by atoms with Crippen LogP contribution in [0.15, 0.2) is 24.3 Å². The van der Waals surface area contributed by atoms with Crippen molar-refractivity contribution in [3.63, 3.8) is 0 Å². The summed E-state index contributed by atoms with van der Waals surface area (Å²) in [7, 11) is -1.17. The van der Waals surface area contributed by atoms with Crippen molar-refractivity contribution in [1.82, 2.24) is 0 Å². The second-order valence-electron chi connectivity index (χ2n) is 3.93. The molecule has 18 heavy (non-hydrogen) atoms. The maximum atomic E-state index is 10.3. The van der Waals surface area contributed by atoms with E-state index in [1.807, 2.05) is 18.8 Å². The van der Waals surface area contributed by atoms with Crippen molar-refractivity contribution in [1.29, 1.82) is 0 Å². The summed E-state index contributed by atoms with van der Waals surface area (Å²) in [4.78, 5) is 20.5. The molecule has 0 aromatic heterocycles. The summed E-state index contributed by atoms with van der Waals surface area (Å²) in [5, 5.41) is 20.5. The zero-order valence-corrected chi connectivity index (χ0v) is 13.5. The molecule has 0 saturated heterocycles. The summed E-state index contributed by atoms with van der Waals surface area (Å²) in [6, 6.07) is 4.81. The monoisotopic (exact) mass is 298 g/mol. The smallest absolute Gasteiger partial charge is 0.545 e. The minimum absolute atomic E-state index is 0. The number of aromatic carboxylic acids is 2. The number of benzene rings is 1. The van der Waals surface area contributed by atoms with Gasteiger partial charge < -0.3 is 24.4 Å². The Balaban J connectivity index is 0. The molecule has 1 aromatic rings. The molecule has 7 heteroatoms. The Morgan fingerprint density at radius 3 is 1.56 bits per heavy atom. The van der Waals surface area contributed by atoms with Crippen LogP contribution in [-0.2, 0) is 0 Å². The van der Waals surface area contributed by atoms with Crippen molar-refractivity contribution >= 4 is 60.0 Å². The van der Waals surface area contributed by atoms with Crippen LogP contribution >= 0.6 is 10.3 Å². The molecule has 0 aliphatic heterocycles. The van der Waals surface area contributed by atoms with E-state index in [0.29, 0.717) is 0 Å². The first-order chi connectivity index (χ1) is 7.61. The number of hydrogen-bond acceptors (Lipinski definition) is 5. The average molecular weight is 298 g/mol. The molecular weight excluding hydrogens is 284 g/mol. The second-order valence-corrected chi connectivity index (χ2v) is 7.47. The third kappa shape index (κ3) is 10.9. The van der Waals surface area contributed by atoms with E-state index in [1.165, 1.54) is 18.2 Å². The van der Waals surface area contributed by atoms with Gasteiger partial charge in [0.25, 0.3) is 0 Å². The Bertz CT molecular complexity index is 379. The van der Waals surface area contributed by atoms with Gasteiger partial charge in [-0.25, -0.2) is 0 Å². The van der Waals surface area contributed by atoms with Crippen molar-refractivity contribution in [2.75, 3.05) is 18.8 Å². The van der Waals surface area contributed by atoms with E-state index in [1.54, 1.807) is 0 Å². The molecule has 0 radical (unpaired) electrons. The second kappa shape index (κ2) is 8.77. The van der Waals surface area contributed by atoms with Crippen LogP contribution in [0, 0.1) is 0 Å². The number of carboxylic acid groups (broad SMARTS) is 2. The van der Waals surface area contributed by atoms with E-state index in [2.05, 4.69) is 0 Å². The van der Waals surface area contributed by atoms with Crippen LogP contribution in [0.4, 0.5) is 0 Å². The molecule has 1 aromatic carbocycles. The summed E-state index contributed by atoms with van der Waals surface area (Å²) in [5.74, 6) is -2.81. The molecule has 0 aliphatic carbocycles. The summed E-state index contributed by atoms with van der Waals surface area (Å²) in [5.41, 5.74) is -0.339. The van der Waals surface area contributed by atoms with Gasteiger partial charge in [0.2, 0.25) is 0 Å². The van der Waals surface area contributed by atoms with Gasteiger partial charge in [0.15, 0.2) is 0 Å². The summed E-state index contributed by atoms with van der Waals surface area (Å²) >= 11 is 0. The summed E-state index contributed by atoms with van der Waals surface area (Å²) in [6.07, 6.45) is 5.48. The maximum absolute atomic E-state index is 10.3. The Hall–Kier alpha value is -0.270. The molecule has 1 rings (SSSR count). The van der Waals surface area contributed by atoms with Gasteiger partial charge in [0.05, 0.1) is 11.9 Å². The zero-order valence-electron chi connectivity index (χ0n) is 10.5. The Morgan fingerprint density at radius 2 is 1.33 bits per heavy atom. The SMILES string of the molecule is CS(C)(C)O.O=C([O-])c1cccc(C(=O)[O-])c1.[Ca+2]. The fraction of sp³-hybridized carbons (Fsp3) is 0.273. The first-order valence-electron chi connectivity index (χ1n) is 4.55. The van der Waals surface area contributed by atoms with E-state index in [-0.39, 0.29) is 48.9 Å². The molecule has 0 amide bonds. The minimum Gasteiger partial charge on any atom is -0.545 e. The molecule has 5 nitrogen and oxygen atoms in total. The van der Waals surface area contributed by atoms with Crippen LogP contribution in [0.5, 0.6) is 0 Å². The van der Waals surface area contributed by atoms with Gasteiger partial charge >= 0.3 is 37.7 Å². The molecule has 0 atom stereocenters. The molecule has 96 valence electrons. The van der Waals surface area contributed by atoms with Gasteiger partial charge in [0, 0.05) is 0 Å². The van der Waals surface area contributed by atoms with E-state index in [4.69, 9.17) is 4.55 Å². The summed E-state index contributed by atoms with van der Waals surface area (Å²) < 4.78 is 8.60. The van der Waals surface area contributed by atoms with Crippen LogP contribution < -0.4 is 10.2 Å². The van der Waals surface area contributed by atoms with Crippen LogP contribution in [0.1, 0.15) is 20.7 Å². The fourth-order valence-corrected chi connectivity index (χ4v) is 0.773. The fourth-order valence-electron chi connectivity index (χ4n) is 0.773. The predicted octanol–water partition coefficient (Wildman–Crippen LogP) is -0.814. The molecule has 0 spiro atoms. The minimum atomic E-state index is -1.40. The van der Waals surface area contributed by atoms with Gasteiger partial charge in [-0.05, 0) is 36.0 Å². The largest absolute Gasteiger partial charge is 2.00 e. The van der Waals surface area contributed by atoms with E-state index < -0.39 is 22.2 Å². The summed E-state index contributed by atoms with van der Waals surface area (Å²) in [6.45, 7) is 0.